The van der Waals surface area contributed by atoms with Gasteiger partial charge in [-0.05, 0) is 48.9 Å². The van der Waals surface area contributed by atoms with Crippen molar-refractivity contribution >= 4 is 23.4 Å². The van der Waals surface area contributed by atoms with Crippen LogP contribution < -0.4 is 14.8 Å². The monoisotopic (exact) mass is 385 g/mol. The summed E-state index contributed by atoms with van der Waals surface area (Å²) in [6.45, 7) is 1.99. The van der Waals surface area contributed by atoms with Crippen LogP contribution in [0.3, 0.4) is 0 Å². The van der Waals surface area contributed by atoms with Gasteiger partial charge in [0, 0.05) is 11.8 Å². The third-order valence-corrected chi connectivity index (χ3v) is 5.00. The highest BCUT2D eigenvalue weighted by molar-refractivity contribution is 8.00. The van der Waals surface area contributed by atoms with Gasteiger partial charge in [-0.3, -0.25) is 4.79 Å². The molecule has 1 aromatic heterocycles. The number of rotatable bonds is 5. The maximum Gasteiger partial charge on any atom is 0.237 e. The number of aromatic nitrogens is 2. The van der Waals surface area contributed by atoms with Gasteiger partial charge in [0.1, 0.15) is 5.82 Å². The van der Waals surface area contributed by atoms with Gasteiger partial charge in [0.05, 0.1) is 17.1 Å². The van der Waals surface area contributed by atoms with E-state index in [1.54, 1.807) is 43.5 Å². The Bertz CT molecular complexity index is 975. The summed E-state index contributed by atoms with van der Waals surface area (Å²) in [6.07, 6.45) is 1.66. The highest BCUT2D eigenvalue weighted by Gasteiger charge is 2.19. The molecule has 27 heavy (non-hydrogen) atoms. The molecule has 1 amide bonds. The van der Waals surface area contributed by atoms with Crippen molar-refractivity contribution in [3.8, 4) is 22.8 Å². The number of hydrogen-bond donors (Lipinski definition) is 2. The van der Waals surface area contributed by atoms with Crippen LogP contribution in [0.5, 0.6) is 11.5 Å². The number of benzene rings is 2. The minimum Gasteiger partial charge on any atom is -0.454 e. The average molecular weight is 385 g/mol. The van der Waals surface area contributed by atoms with E-state index >= 15 is 0 Å². The van der Waals surface area contributed by atoms with Crippen LogP contribution in [0.2, 0.25) is 0 Å². The summed E-state index contributed by atoms with van der Waals surface area (Å²) in [4.78, 5) is 19.9. The average Bonchev–Trinajstić information content (AvgIpc) is 3.31. The summed E-state index contributed by atoms with van der Waals surface area (Å²) in [5.74, 6) is 0.836. The lowest BCUT2D eigenvalue weighted by Gasteiger charge is -2.11. The van der Waals surface area contributed by atoms with Gasteiger partial charge >= 0.3 is 0 Å². The zero-order valence-electron chi connectivity index (χ0n) is 14.4. The van der Waals surface area contributed by atoms with E-state index in [0.717, 1.165) is 11.3 Å². The largest absolute Gasteiger partial charge is 0.454 e. The molecule has 1 aliphatic rings. The number of imidazole rings is 1. The minimum atomic E-state index is -0.373. The van der Waals surface area contributed by atoms with Crippen molar-refractivity contribution in [2.75, 3.05) is 12.1 Å². The number of carbonyl (C=O) groups excluding carboxylic acids is 1. The number of ether oxygens (including phenoxy) is 2. The van der Waals surface area contributed by atoms with Crippen LogP contribution in [0.1, 0.15) is 6.92 Å². The molecule has 0 aliphatic carbocycles. The van der Waals surface area contributed by atoms with Crippen molar-refractivity contribution in [3.05, 3.63) is 54.5 Å². The SMILES string of the molecule is CC(Sc1ncc(-c2ccc(F)cc2)[nH]1)C(=O)Nc1ccc2c(c1)OCO2. The summed E-state index contributed by atoms with van der Waals surface area (Å²) in [5.41, 5.74) is 2.23. The fraction of sp³-hybridized carbons (Fsp3) is 0.158. The van der Waals surface area contributed by atoms with Crippen molar-refractivity contribution < 1.29 is 18.7 Å². The zero-order valence-corrected chi connectivity index (χ0v) is 15.2. The maximum absolute atomic E-state index is 13.0. The molecule has 0 fully saturated rings. The Kier molecular flexibility index (Phi) is 4.72. The summed E-state index contributed by atoms with van der Waals surface area (Å²) in [7, 11) is 0. The molecule has 2 aromatic carbocycles. The number of amides is 1. The Hall–Kier alpha value is -3.00. The second-order valence-electron chi connectivity index (χ2n) is 5.93. The first-order valence-electron chi connectivity index (χ1n) is 8.26. The van der Waals surface area contributed by atoms with Crippen LogP contribution in [0.25, 0.3) is 11.3 Å². The van der Waals surface area contributed by atoms with E-state index in [0.29, 0.717) is 22.3 Å². The summed E-state index contributed by atoms with van der Waals surface area (Å²) >= 11 is 1.31. The zero-order chi connectivity index (χ0) is 18.8. The number of hydrogen-bond acceptors (Lipinski definition) is 5. The number of halogens is 1. The number of fused-ring (bicyclic) bond motifs is 1. The van der Waals surface area contributed by atoms with E-state index in [1.165, 1.54) is 23.9 Å². The van der Waals surface area contributed by atoms with Crippen LogP contribution in [0.4, 0.5) is 10.1 Å². The van der Waals surface area contributed by atoms with Gasteiger partial charge in [0.25, 0.3) is 0 Å². The number of nitrogens with one attached hydrogen (secondary N) is 2. The van der Waals surface area contributed by atoms with Crippen LogP contribution in [-0.4, -0.2) is 27.9 Å². The molecule has 0 saturated carbocycles. The molecule has 4 rings (SSSR count). The number of aromatic amines is 1. The molecule has 0 bridgehead atoms. The predicted octanol–water partition coefficient (Wildman–Crippen LogP) is 4.06. The molecule has 1 atom stereocenters. The molecule has 0 radical (unpaired) electrons. The molecule has 0 spiro atoms. The first-order chi connectivity index (χ1) is 13.1. The second kappa shape index (κ2) is 7.32. The molecule has 8 heteroatoms. The van der Waals surface area contributed by atoms with Crippen molar-refractivity contribution in [1.29, 1.82) is 0 Å². The topological polar surface area (TPSA) is 76.2 Å². The fourth-order valence-electron chi connectivity index (χ4n) is 2.58. The Morgan fingerprint density at radius 3 is 2.81 bits per heavy atom. The summed E-state index contributed by atoms with van der Waals surface area (Å²) in [6, 6.07) is 11.4. The van der Waals surface area contributed by atoms with Gasteiger partial charge in [0.2, 0.25) is 12.7 Å². The van der Waals surface area contributed by atoms with Gasteiger partial charge in [0.15, 0.2) is 16.7 Å². The van der Waals surface area contributed by atoms with Crippen LogP contribution in [-0.2, 0) is 4.79 Å². The Balaban J connectivity index is 1.39. The van der Waals surface area contributed by atoms with Gasteiger partial charge in [-0.1, -0.05) is 11.8 Å². The number of anilines is 1. The highest BCUT2D eigenvalue weighted by Crippen LogP contribution is 2.34. The first kappa shape index (κ1) is 17.4. The lowest BCUT2D eigenvalue weighted by atomic mass is 10.2. The summed E-state index contributed by atoms with van der Waals surface area (Å²) < 4.78 is 23.6. The van der Waals surface area contributed by atoms with Crippen LogP contribution in [0.15, 0.2) is 53.8 Å². The predicted molar refractivity (Wildman–Crippen MR) is 100 cm³/mol. The number of thioether (sulfide) groups is 1. The number of H-pyrrole nitrogens is 1. The minimum absolute atomic E-state index is 0.154. The molecular formula is C19H16FN3O3S. The Labute approximate surface area is 159 Å². The maximum atomic E-state index is 13.0. The second-order valence-corrected chi connectivity index (χ2v) is 7.26. The Morgan fingerprint density at radius 2 is 2.00 bits per heavy atom. The lowest BCUT2D eigenvalue weighted by molar-refractivity contribution is -0.115. The molecule has 3 aromatic rings. The van der Waals surface area contributed by atoms with E-state index < -0.39 is 0 Å². The van der Waals surface area contributed by atoms with Crippen molar-refractivity contribution in [3.63, 3.8) is 0 Å². The van der Waals surface area contributed by atoms with Gasteiger partial charge < -0.3 is 19.8 Å². The molecule has 2 N–H and O–H groups in total. The standard InChI is InChI=1S/C19H16FN3O3S/c1-11(18(24)22-14-6-7-16-17(8-14)26-10-25-16)27-19-21-9-15(23-19)12-2-4-13(20)5-3-12/h2-9,11H,10H2,1H3,(H,21,23)(H,22,24). The number of carbonyl (C=O) groups is 1. The number of nitrogens with zero attached hydrogens (tertiary/aromatic N) is 1. The van der Waals surface area contributed by atoms with Gasteiger partial charge in [-0.15, -0.1) is 0 Å². The fourth-order valence-corrected chi connectivity index (χ4v) is 3.36. The molecule has 6 nitrogen and oxygen atoms in total. The van der Waals surface area contributed by atoms with Crippen molar-refractivity contribution in [2.24, 2.45) is 0 Å². The smallest absolute Gasteiger partial charge is 0.237 e. The lowest BCUT2D eigenvalue weighted by Crippen LogP contribution is -2.22. The highest BCUT2D eigenvalue weighted by atomic mass is 32.2. The van der Waals surface area contributed by atoms with Crippen LogP contribution >= 0.6 is 11.8 Å². The van der Waals surface area contributed by atoms with E-state index in [4.69, 9.17) is 9.47 Å². The molecule has 1 aliphatic heterocycles. The van der Waals surface area contributed by atoms with Crippen LogP contribution in [0, 0.1) is 5.82 Å². The molecule has 138 valence electrons. The van der Waals surface area contributed by atoms with E-state index in [-0.39, 0.29) is 23.8 Å². The van der Waals surface area contributed by atoms with Crippen molar-refractivity contribution in [1.82, 2.24) is 9.97 Å². The quantitative estimate of drug-likeness (QED) is 0.648. The molecule has 1 unspecified atom stereocenters. The van der Waals surface area contributed by atoms with Gasteiger partial charge in [-0.25, -0.2) is 9.37 Å². The Morgan fingerprint density at radius 1 is 1.22 bits per heavy atom. The third kappa shape index (κ3) is 3.90. The molecule has 2 heterocycles. The third-order valence-electron chi connectivity index (χ3n) is 4.01. The summed E-state index contributed by atoms with van der Waals surface area (Å²) in [5, 5.41) is 3.10. The van der Waals surface area contributed by atoms with Gasteiger partial charge in [-0.2, -0.15) is 0 Å². The first-order valence-corrected chi connectivity index (χ1v) is 9.14. The van der Waals surface area contributed by atoms with E-state index in [2.05, 4.69) is 15.3 Å². The molecular weight excluding hydrogens is 369 g/mol. The van der Waals surface area contributed by atoms with E-state index in [9.17, 15) is 9.18 Å². The van der Waals surface area contributed by atoms with E-state index in [1.807, 2.05) is 0 Å². The molecule has 0 saturated heterocycles. The normalized spacial score (nSPS) is 13.4. The van der Waals surface area contributed by atoms with Crippen molar-refractivity contribution in [2.45, 2.75) is 17.3 Å².